The highest BCUT2D eigenvalue weighted by Crippen LogP contribution is 2.44. The highest BCUT2D eigenvalue weighted by Gasteiger charge is 2.54. The summed E-state index contributed by atoms with van der Waals surface area (Å²) in [6.07, 6.45) is -9.78. The van der Waals surface area contributed by atoms with Crippen molar-refractivity contribution in [1.29, 1.82) is 0 Å². The van der Waals surface area contributed by atoms with Crippen LogP contribution >= 0.6 is 0 Å². The molecule has 0 saturated carbocycles. The van der Waals surface area contributed by atoms with Gasteiger partial charge in [0, 0.05) is 78.0 Å². The number of carbonyl (C=O) groups is 9. The predicted octanol–water partition coefficient (Wildman–Crippen LogP) is 6.04. The van der Waals surface area contributed by atoms with Crippen LogP contribution in [0.4, 0.5) is 40.7 Å². The molecule has 444 valence electrons. The van der Waals surface area contributed by atoms with Gasteiger partial charge in [-0.25, -0.2) is 9.69 Å². The number of ether oxygens (including phenoxy) is 10. The molecule has 4 aliphatic rings. The normalized spacial score (nSPS) is 22.4. The van der Waals surface area contributed by atoms with Gasteiger partial charge in [0.15, 0.2) is 36.2 Å². The minimum atomic E-state index is -5.10. The van der Waals surface area contributed by atoms with Crippen LogP contribution < -0.4 is 30.3 Å². The molecule has 5 heterocycles. The molecule has 28 heteroatoms. The summed E-state index contributed by atoms with van der Waals surface area (Å²) in [7, 11) is 1.53. The molecule has 5 amide bonds. The second kappa shape index (κ2) is 27.5. The number of benzene rings is 2. The standard InChI is InChI=1S/C54H63F3N6O19/c1-7-21-75-53(72)63-38-26-40(73-23-12-14-43(68)58-35-24-39(61(6)27-35)48(69)59-33-16-18-34(19-17-33)60-52(71)54(55,56)57)41(25-36(38)49(70)62-20-10-8-13-37(62)50(63)82-44-15-9-11-22-74-44)80-51-47(79-32(5)67)46(78-31(4)66)45(77-30(3)65)42(81-51)28-76-29(2)64/h7,16-19,24-27,37,42,44-47,50-51H,1,8-15,20-23,28H2,2-6H3,(H,58,68)(H,59,69)(H,60,71)/t37-,42+,44?,45-,46-,47+,50?,51+/m0/s1. The number of piperidine rings is 1. The van der Waals surface area contributed by atoms with E-state index in [4.69, 9.17) is 47.4 Å². The van der Waals surface area contributed by atoms with E-state index in [2.05, 4.69) is 17.2 Å². The Morgan fingerprint density at radius 3 is 2.10 bits per heavy atom. The summed E-state index contributed by atoms with van der Waals surface area (Å²) in [4.78, 5) is 120. The lowest BCUT2D eigenvalue weighted by atomic mass is 9.98. The van der Waals surface area contributed by atoms with E-state index in [1.807, 2.05) is 0 Å². The van der Waals surface area contributed by atoms with Gasteiger partial charge in [-0.05, 0) is 81.3 Å². The molecule has 0 aliphatic carbocycles. The van der Waals surface area contributed by atoms with Crippen molar-refractivity contribution in [2.75, 3.05) is 53.8 Å². The molecule has 7 rings (SSSR count). The highest BCUT2D eigenvalue weighted by molar-refractivity contribution is 6.06. The van der Waals surface area contributed by atoms with Gasteiger partial charge in [0.25, 0.3) is 11.8 Å². The first-order valence-electron chi connectivity index (χ1n) is 26.2. The molecule has 2 unspecified atom stereocenters. The van der Waals surface area contributed by atoms with Crippen LogP contribution in [0.1, 0.15) is 99.9 Å². The van der Waals surface area contributed by atoms with Crippen LogP contribution in [0.25, 0.3) is 0 Å². The van der Waals surface area contributed by atoms with Crippen molar-refractivity contribution in [2.45, 2.75) is 135 Å². The maximum atomic E-state index is 15.1. The largest absolute Gasteiger partial charge is 0.490 e. The molecule has 0 spiro atoms. The molecule has 3 saturated heterocycles. The Labute approximate surface area is 467 Å². The monoisotopic (exact) mass is 1160 g/mol. The van der Waals surface area contributed by atoms with Crippen LogP contribution in [0.5, 0.6) is 11.5 Å². The minimum Gasteiger partial charge on any atom is -0.490 e. The van der Waals surface area contributed by atoms with E-state index in [1.165, 1.54) is 71.3 Å². The van der Waals surface area contributed by atoms with E-state index >= 15 is 4.79 Å². The van der Waals surface area contributed by atoms with Gasteiger partial charge in [0.1, 0.15) is 25.0 Å². The third kappa shape index (κ3) is 15.8. The van der Waals surface area contributed by atoms with Crippen LogP contribution in [-0.2, 0) is 73.7 Å². The van der Waals surface area contributed by atoms with Crippen LogP contribution in [-0.4, -0.2) is 151 Å². The topological polar surface area (TPSA) is 293 Å². The van der Waals surface area contributed by atoms with Crippen molar-refractivity contribution in [2.24, 2.45) is 7.05 Å². The zero-order chi connectivity index (χ0) is 59.4. The van der Waals surface area contributed by atoms with Crippen molar-refractivity contribution >= 4 is 76.3 Å². The predicted molar refractivity (Wildman–Crippen MR) is 278 cm³/mol. The molecule has 3 fully saturated rings. The number of hydrogen-bond acceptors (Lipinski definition) is 19. The number of aryl methyl sites for hydroxylation is 1. The number of alkyl halides is 3. The van der Waals surface area contributed by atoms with E-state index in [-0.39, 0.29) is 78.1 Å². The number of esters is 4. The number of fused-ring (bicyclic) bond motifs is 2. The van der Waals surface area contributed by atoms with E-state index in [0.29, 0.717) is 32.3 Å². The molecular formula is C54H63F3N6O19. The lowest BCUT2D eigenvalue weighted by molar-refractivity contribution is -0.288. The Balaban J connectivity index is 1.20. The fourth-order valence-corrected chi connectivity index (χ4v) is 9.56. The molecule has 1 aromatic heterocycles. The first-order chi connectivity index (χ1) is 39.0. The van der Waals surface area contributed by atoms with E-state index in [9.17, 15) is 51.5 Å². The summed E-state index contributed by atoms with van der Waals surface area (Å²) in [5.41, 5.74) is 0.161. The van der Waals surface area contributed by atoms with E-state index in [1.54, 1.807) is 10.2 Å². The van der Waals surface area contributed by atoms with Crippen molar-refractivity contribution < 1.29 is 104 Å². The second-order valence-corrected chi connectivity index (χ2v) is 19.3. The van der Waals surface area contributed by atoms with Crippen molar-refractivity contribution in [3.63, 3.8) is 0 Å². The van der Waals surface area contributed by atoms with Gasteiger partial charge in [0.2, 0.25) is 18.3 Å². The van der Waals surface area contributed by atoms with E-state index < -0.39 is 116 Å². The van der Waals surface area contributed by atoms with Gasteiger partial charge in [-0.1, -0.05) is 12.7 Å². The summed E-state index contributed by atoms with van der Waals surface area (Å²) in [6.45, 7) is 7.50. The molecular weight excluding hydrogens is 1090 g/mol. The van der Waals surface area contributed by atoms with Crippen LogP contribution in [0, 0.1) is 0 Å². The highest BCUT2D eigenvalue weighted by atomic mass is 19.4. The average molecular weight is 1160 g/mol. The molecule has 2 aromatic carbocycles. The summed E-state index contributed by atoms with van der Waals surface area (Å²) < 4.78 is 99.0. The quantitative estimate of drug-likeness (QED) is 0.0502. The number of nitrogens with zero attached hydrogens (tertiary/aromatic N) is 3. The third-order valence-electron chi connectivity index (χ3n) is 13.1. The first kappa shape index (κ1) is 61.4. The lowest BCUT2D eigenvalue weighted by Crippen LogP contribution is -2.63. The fourth-order valence-electron chi connectivity index (χ4n) is 9.56. The number of halogens is 3. The molecule has 3 aromatic rings. The van der Waals surface area contributed by atoms with Gasteiger partial charge in [-0.3, -0.25) is 38.4 Å². The van der Waals surface area contributed by atoms with Crippen LogP contribution in [0.2, 0.25) is 0 Å². The van der Waals surface area contributed by atoms with E-state index in [0.717, 1.165) is 40.5 Å². The Morgan fingerprint density at radius 1 is 0.780 bits per heavy atom. The number of anilines is 4. The Hall–Kier alpha value is -8.24. The van der Waals surface area contributed by atoms with Gasteiger partial charge in [-0.15, -0.1) is 0 Å². The Bertz CT molecular complexity index is 2880. The third-order valence-corrected chi connectivity index (χ3v) is 13.1. The molecule has 4 aliphatic heterocycles. The number of hydrogen-bond donors (Lipinski definition) is 3. The Kier molecular flexibility index (Phi) is 20.6. The number of rotatable bonds is 20. The maximum absolute atomic E-state index is 15.1. The van der Waals surface area contributed by atoms with Crippen molar-refractivity contribution in [3.8, 4) is 11.5 Å². The summed E-state index contributed by atoms with van der Waals surface area (Å²) in [6, 6.07) is 8.16. The molecule has 82 heavy (non-hydrogen) atoms. The summed E-state index contributed by atoms with van der Waals surface area (Å²) in [5, 5.41) is 7.02. The van der Waals surface area contributed by atoms with Gasteiger partial charge < -0.3 is 72.8 Å². The van der Waals surface area contributed by atoms with Crippen LogP contribution in [0.15, 0.2) is 61.3 Å². The molecule has 0 radical (unpaired) electrons. The maximum Gasteiger partial charge on any atom is 0.471 e. The smallest absolute Gasteiger partial charge is 0.471 e. The van der Waals surface area contributed by atoms with Gasteiger partial charge in [-0.2, -0.15) is 13.2 Å². The van der Waals surface area contributed by atoms with Crippen molar-refractivity contribution in [3.05, 3.63) is 72.6 Å². The number of amides is 5. The SMILES string of the molecule is C=CCOC(=O)N1c2cc(OCCCC(=O)Nc3cc(C(=O)Nc4ccc(NC(=O)C(F)(F)F)cc4)n(C)c3)c(O[C@@H]3O[C@H](COC(C)=O)[C@H](OC(C)=O)[C@H](OC(C)=O)[C@H]3OC(C)=O)cc2C(=O)N2CCCC[C@H]2C1OC1CCCCO1. The van der Waals surface area contributed by atoms with Gasteiger partial charge in [0.05, 0.1) is 29.6 Å². The zero-order valence-electron chi connectivity index (χ0n) is 45.4. The number of nitrogens with one attached hydrogen (secondary N) is 3. The first-order valence-corrected chi connectivity index (χ1v) is 26.2. The number of aromatic nitrogens is 1. The molecule has 25 nitrogen and oxygen atoms in total. The lowest BCUT2D eigenvalue weighted by Gasteiger charge is -2.44. The average Bonchev–Trinajstić information content (AvgIpc) is 3.86. The fraction of sp³-hybridized carbons (Fsp3) is 0.500. The summed E-state index contributed by atoms with van der Waals surface area (Å²) >= 11 is 0. The number of carbonyl (C=O) groups excluding carboxylic acids is 9. The molecule has 3 N–H and O–H groups in total. The van der Waals surface area contributed by atoms with Gasteiger partial charge >= 0.3 is 42.1 Å². The van der Waals surface area contributed by atoms with Crippen molar-refractivity contribution in [1.82, 2.24) is 9.47 Å². The minimum absolute atomic E-state index is 0.00830. The summed E-state index contributed by atoms with van der Waals surface area (Å²) in [5.74, 6) is -7.83. The Morgan fingerprint density at radius 2 is 1.45 bits per heavy atom. The van der Waals surface area contributed by atoms with Crippen LogP contribution in [0.3, 0.4) is 0 Å². The zero-order valence-corrected chi connectivity index (χ0v) is 45.4. The molecule has 8 atom stereocenters. The second-order valence-electron chi connectivity index (χ2n) is 19.3. The molecule has 0 bridgehead atoms.